The summed E-state index contributed by atoms with van der Waals surface area (Å²) < 4.78 is 0. The van der Waals surface area contributed by atoms with Gasteiger partial charge in [-0.1, -0.05) is 0 Å². The van der Waals surface area contributed by atoms with Gasteiger partial charge in [-0.15, -0.1) is 0 Å². The molecular weight excluding hydrogens is 164 g/mol. The third-order valence-corrected chi connectivity index (χ3v) is 2.38. The van der Waals surface area contributed by atoms with Crippen LogP contribution in [0.2, 0.25) is 0 Å². The summed E-state index contributed by atoms with van der Waals surface area (Å²) in [6, 6.07) is 4.52. The summed E-state index contributed by atoms with van der Waals surface area (Å²) >= 11 is 0. The molecule has 4 nitrogen and oxygen atoms in total. The minimum atomic E-state index is 0.646. The van der Waals surface area contributed by atoms with E-state index in [-0.39, 0.29) is 0 Å². The molecular formula is C9H14N4. The van der Waals surface area contributed by atoms with Crippen LogP contribution in [0.5, 0.6) is 0 Å². The zero-order valence-electron chi connectivity index (χ0n) is 7.46. The van der Waals surface area contributed by atoms with Crippen LogP contribution in [0.25, 0.3) is 0 Å². The summed E-state index contributed by atoms with van der Waals surface area (Å²) in [6.45, 7) is 0. The highest BCUT2D eigenvalue weighted by atomic mass is 15.2. The second-order valence-corrected chi connectivity index (χ2v) is 3.35. The molecule has 0 radical (unpaired) electrons. The van der Waals surface area contributed by atoms with Crippen molar-refractivity contribution in [1.82, 2.24) is 4.98 Å². The van der Waals surface area contributed by atoms with Gasteiger partial charge in [0.05, 0.1) is 0 Å². The highest BCUT2D eigenvalue weighted by Gasteiger charge is 2.16. The molecule has 0 bridgehead atoms. The van der Waals surface area contributed by atoms with E-state index in [1.807, 2.05) is 12.1 Å². The van der Waals surface area contributed by atoms with Crippen LogP contribution in [0.3, 0.4) is 0 Å². The normalized spacial score (nSPS) is 16.4. The molecule has 0 spiro atoms. The molecule has 1 saturated carbocycles. The summed E-state index contributed by atoms with van der Waals surface area (Å²) in [5.74, 6) is 5.95. The maximum Gasteiger partial charge on any atom is 0.141 e. The average Bonchev–Trinajstić information content (AvgIpc) is 2.12. The van der Waals surface area contributed by atoms with Gasteiger partial charge >= 0.3 is 0 Å². The molecule has 1 aliphatic rings. The molecule has 0 amide bonds. The Kier molecular flexibility index (Phi) is 2.31. The summed E-state index contributed by atoms with van der Waals surface area (Å²) in [6.07, 6.45) is 5.63. The molecule has 0 unspecified atom stereocenters. The zero-order chi connectivity index (χ0) is 9.10. The molecule has 1 aliphatic carbocycles. The Morgan fingerprint density at radius 2 is 2.31 bits per heavy atom. The predicted octanol–water partition coefficient (Wildman–Crippen LogP) is 1.33. The SMILES string of the molecule is NNc1cc(NC2CCC2)ccn1. The quantitative estimate of drug-likeness (QED) is 0.482. The van der Waals surface area contributed by atoms with E-state index in [1.165, 1.54) is 19.3 Å². The van der Waals surface area contributed by atoms with Crippen LogP contribution < -0.4 is 16.6 Å². The van der Waals surface area contributed by atoms with Crippen LogP contribution in [0.15, 0.2) is 18.3 Å². The van der Waals surface area contributed by atoms with E-state index in [0.717, 1.165) is 5.69 Å². The fourth-order valence-corrected chi connectivity index (χ4v) is 1.39. The third-order valence-electron chi connectivity index (χ3n) is 2.38. The topological polar surface area (TPSA) is 63.0 Å². The van der Waals surface area contributed by atoms with Crippen LogP contribution in [-0.2, 0) is 0 Å². The molecule has 2 rings (SSSR count). The van der Waals surface area contributed by atoms with E-state index >= 15 is 0 Å². The number of hydrazine groups is 1. The maximum absolute atomic E-state index is 5.26. The smallest absolute Gasteiger partial charge is 0.141 e. The van der Waals surface area contributed by atoms with E-state index in [4.69, 9.17) is 5.84 Å². The van der Waals surface area contributed by atoms with Crippen LogP contribution in [0.1, 0.15) is 19.3 Å². The Morgan fingerprint density at radius 1 is 1.46 bits per heavy atom. The van der Waals surface area contributed by atoms with Crippen LogP contribution in [0.4, 0.5) is 11.5 Å². The van der Waals surface area contributed by atoms with Crippen molar-refractivity contribution in [3.8, 4) is 0 Å². The second kappa shape index (κ2) is 3.62. The Bertz CT molecular complexity index is 283. The molecule has 0 aromatic carbocycles. The first-order chi connectivity index (χ1) is 6.38. The van der Waals surface area contributed by atoms with E-state index < -0.39 is 0 Å². The fourth-order valence-electron chi connectivity index (χ4n) is 1.39. The van der Waals surface area contributed by atoms with E-state index in [0.29, 0.717) is 11.9 Å². The number of hydrogen-bond acceptors (Lipinski definition) is 4. The standard InChI is InChI=1S/C9H14N4/c10-13-9-6-8(4-5-11-9)12-7-2-1-3-7/h4-7H,1-3,10H2,(H2,11,12,13). The molecule has 4 heteroatoms. The molecule has 1 aromatic rings. The van der Waals surface area contributed by atoms with Crippen molar-refractivity contribution in [3.05, 3.63) is 18.3 Å². The van der Waals surface area contributed by atoms with E-state index in [2.05, 4.69) is 15.7 Å². The Morgan fingerprint density at radius 3 is 2.92 bits per heavy atom. The van der Waals surface area contributed by atoms with Crippen molar-refractivity contribution in [1.29, 1.82) is 0 Å². The lowest BCUT2D eigenvalue weighted by atomic mass is 9.93. The zero-order valence-corrected chi connectivity index (χ0v) is 7.46. The number of hydrogen-bond donors (Lipinski definition) is 3. The number of nitrogen functional groups attached to an aromatic ring is 1. The number of rotatable bonds is 3. The van der Waals surface area contributed by atoms with Crippen molar-refractivity contribution in [2.45, 2.75) is 25.3 Å². The molecule has 0 aliphatic heterocycles. The third kappa shape index (κ3) is 1.89. The molecule has 70 valence electrons. The number of nitrogens with one attached hydrogen (secondary N) is 2. The molecule has 4 N–H and O–H groups in total. The van der Waals surface area contributed by atoms with Gasteiger partial charge in [0.15, 0.2) is 0 Å². The Hall–Kier alpha value is -1.29. The average molecular weight is 178 g/mol. The summed E-state index contributed by atoms with van der Waals surface area (Å²) in [5.41, 5.74) is 3.62. The molecule has 1 heterocycles. The first-order valence-corrected chi connectivity index (χ1v) is 4.58. The second-order valence-electron chi connectivity index (χ2n) is 3.35. The van der Waals surface area contributed by atoms with Gasteiger partial charge in [0.1, 0.15) is 5.82 Å². The molecule has 0 atom stereocenters. The van der Waals surface area contributed by atoms with Gasteiger partial charge < -0.3 is 10.7 Å². The van der Waals surface area contributed by atoms with E-state index in [1.54, 1.807) is 6.20 Å². The maximum atomic E-state index is 5.26. The largest absolute Gasteiger partial charge is 0.382 e. The predicted molar refractivity (Wildman–Crippen MR) is 53.3 cm³/mol. The van der Waals surface area contributed by atoms with Gasteiger partial charge in [-0.2, -0.15) is 0 Å². The van der Waals surface area contributed by atoms with Crippen LogP contribution >= 0.6 is 0 Å². The van der Waals surface area contributed by atoms with Crippen molar-refractivity contribution >= 4 is 11.5 Å². The fraction of sp³-hybridized carbons (Fsp3) is 0.444. The monoisotopic (exact) mass is 178 g/mol. The van der Waals surface area contributed by atoms with Crippen molar-refractivity contribution in [2.75, 3.05) is 10.7 Å². The first kappa shape index (κ1) is 8.31. The number of nitrogens with zero attached hydrogens (tertiary/aromatic N) is 1. The van der Waals surface area contributed by atoms with Gasteiger partial charge in [0.25, 0.3) is 0 Å². The number of nitrogens with two attached hydrogens (primary N) is 1. The minimum absolute atomic E-state index is 0.646. The highest BCUT2D eigenvalue weighted by molar-refractivity contribution is 5.51. The summed E-state index contributed by atoms with van der Waals surface area (Å²) in [7, 11) is 0. The Balaban J connectivity index is 2.01. The van der Waals surface area contributed by atoms with Gasteiger partial charge in [0, 0.05) is 24.0 Å². The highest BCUT2D eigenvalue weighted by Crippen LogP contribution is 2.23. The molecule has 1 fully saturated rings. The van der Waals surface area contributed by atoms with E-state index in [9.17, 15) is 0 Å². The first-order valence-electron chi connectivity index (χ1n) is 4.58. The summed E-state index contributed by atoms with van der Waals surface area (Å²) in [4.78, 5) is 4.03. The van der Waals surface area contributed by atoms with Gasteiger partial charge in [0.2, 0.25) is 0 Å². The van der Waals surface area contributed by atoms with Crippen LogP contribution in [-0.4, -0.2) is 11.0 Å². The van der Waals surface area contributed by atoms with Gasteiger partial charge in [-0.05, 0) is 25.3 Å². The van der Waals surface area contributed by atoms with Crippen molar-refractivity contribution < 1.29 is 0 Å². The van der Waals surface area contributed by atoms with Gasteiger partial charge in [-0.25, -0.2) is 10.8 Å². The number of anilines is 2. The lowest BCUT2D eigenvalue weighted by molar-refractivity contribution is 0.445. The molecule has 13 heavy (non-hydrogen) atoms. The van der Waals surface area contributed by atoms with Crippen LogP contribution in [0, 0.1) is 0 Å². The summed E-state index contributed by atoms with van der Waals surface area (Å²) in [5, 5.41) is 3.42. The van der Waals surface area contributed by atoms with Crippen molar-refractivity contribution in [3.63, 3.8) is 0 Å². The number of pyridine rings is 1. The van der Waals surface area contributed by atoms with Gasteiger partial charge in [-0.3, -0.25) is 0 Å². The minimum Gasteiger partial charge on any atom is -0.382 e. The Labute approximate surface area is 77.5 Å². The molecule has 1 aromatic heterocycles. The number of aromatic nitrogens is 1. The lowest BCUT2D eigenvalue weighted by Gasteiger charge is -2.27. The molecule has 0 saturated heterocycles. The van der Waals surface area contributed by atoms with Crippen molar-refractivity contribution in [2.24, 2.45) is 5.84 Å². The lowest BCUT2D eigenvalue weighted by Crippen LogP contribution is -2.27.